The first kappa shape index (κ1) is 10.6. The van der Waals surface area contributed by atoms with Gasteiger partial charge in [0.2, 0.25) is 0 Å². The van der Waals surface area contributed by atoms with Gasteiger partial charge in [0.1, 0.15) is 4.34 Å². The van der Waals surface area contributed by atoms with Crippen LogP contribution in [0.5, 0.6) is 0 Å². The molecule has 0 bridgehead atoms. The smallest absolute Gasteiger partial charge is 0.109 e. The summed E-state index contributed by atoms with van der Waals surface area (Å²) >= 11 is 13.2. The van der Waals surface area contributed by atoms with E-state index in [1.807, 2.05) is 35.7 Å². The number of halogens is 2. The topological polar surface area (TPSA) is 0 Å². The Morgan fingerprint density at radius 3 is 2.27 bits per heavy atom. The fraction of sp³-hybridized carbons (Fsp3) is 0. The summed E-state index contributed by atoms with van der Waals surface area (Å²) in [6.07, 6.45) is 0. The van der Waals surface area contributed by atoms with Gasteiger partial charge in [-0.15, -0.1) is 11.3 Å². The summed E-state index contributed by atoms with van der Waals surface area (Å²) in [6, 6.07) is 9.32. The molecule has 0 atom stereocenters. The number of rotatable bonds is 0. The molecule has 0 spiro atoms. The van der Waals surface area contributed by atoms with Crippen LogP contribution in [0.25, 0.3) is 0 Å². The van der Waals surface area contributed by atoms with Gasteiger partial charge >= 0.3 is 0 Å². The Morgan fingerprint density at radius 1 is 0.933 bits per heavy atom. The van der Waals surface area contributed by atoms with E-state index in [0.29, 0.717) is 5.02 Å². The first-order valence-electron chi connectivity index (χ1n) is 4.26. The van der Waals surface area contributed by atoms with Gasteiger partial charge in [0, 0.05) is 10.6 Å². The van der Waals surface area contributed by atoms with Gasteiger partial charge in [-0.05, 0) is 35.7 Å². The Balaban J connectivity index is 2.26. The molecule has 74 valence electrons. The molecule has 0 saturated carbocycles. The van der Waals surface area contributed by atoms with Gasteiger partial charge in [-0.2, -0.15) is 0 Å². The predicted octanol–water partition coefficient (Wildman–Crippen LogP) is 4.45. The molecular formula is C12H6Cl2S. The maximum absolute atomic E-state index is 5.93. The molecule has 0 aliphatic heterocycles. The Labute approximate surface area is 102 Å². The van der Waals surface area contributed by atoms with E-state index in [-0.39, 0.29) is 0 Å². The van der Waals surface area contributed by atoms with E-state index < -0.39 is 0 Å². The molecule has 0 nitrogen and oxygen atoms in total. The molecule has 0 aliphatic carbocycles. The summed E-state index contributed by atoms with van der Waals surface area (Å²) in [4.78, 5) is 0. The minimum atomic E-state index is 0.717. The first-order valence-corrected chi connectivity index (χ1v) is 5.90. The molecule has 1 aromatic heterocycles. The zero-order chi connectivity index (χ0) is 10.7. The van der Waals surface area contributed by atoms with Crippen molar-refractivity contribution in [3.8, 4) is 11.8 Å². The van der Waals surface area contributed by atoms with E-state index in [0.717, 1.165) is 15.5 Å². The molecule has 0 radical (unpaired) electrons. The maximum Gasteiger partial charge on any atom is 0.109 e. The molecule has 0 N–H and O–H groups in total. The summed E-state index contributed by atoms with van der Waals surface area (Å²) in [5.74, 6) is 6.04. The lowest BCUT2D eigenvalue weighted by atomic mass is 10.2. The van der Waals surface area contributed by atoms with Crippen molar-refractivity contribution in [2.75, 3.05) is 0 Å². The summed E-state index contributed by atoms with van der Waals surface area (Å²) in [5, 5.41) is 2.64. The lowest BCUT2D eigenvalue weighted by molar-refractivity contribution is 1.64. The van der Waals surface area contributed by atoms with E-state index in [9.17, 15) is 0 Å². The van der Waals surface area contributed by atoms with Crippen LogP contribution in [0.4, 0.5) is 0 Å². The number of hydrogen-bond donors (Lipinski definition) is 0. The van der Waals surface area contributed by atoms with Gasteiger partial charge in [-0.25, -0.2) is 0 Å². The van der Waals surface area contributed by atoms with Gasteiger partial charge in [-0.1, -0.05) is 35.0 Å². The van der Waals surface area contributed by atoms with Crippen LogP contribution in [-0.2, 0) is 0 Å². The summed E-state index contributed by atoms with van der Waals surface area (Å²) in [7, 11) is 0. The normalized spacial score (nSPS) is 9.47. The minimum Gasteiger partial charge on any atom is -0.131 e. The zero-order valence-electron chi connectivity index (χ0n) is 7.63. The van der Waals surface area contributed by atoms with Crippen LogP contribution in [0, 0.1) is 11.8 Å². The molecule has 1 aromatic carbocycles. The molecule has 3 heteroatoms. The average molecular weight is 253 g/mol. The van der Waals surface area contributed by atoms with Crippen molar-refractivity contribution >= 4 is 34.5 Å². The highest BCUT2D eigenvalue weighted by molar-refractivity contribution is 7.14. The van der Waals surface area contributed by atoms with Gasteiger partial charge in [0.15, 0.2) is 0 Å². The Kier molecular flexibility index (Phi) is 3.33. The summed E-state index contributed by atoms with van der Waals surface area (Å²) < 4.78 is 0.733. The molecule has 0 fully saturated rings. The second-order valence-electron chi connectivity index (χ2n) is 2.86. The van der Waals surface area contributed by atoms with Crippen LogP contribution < -0.4 is 0 Å². The van der Waals surface area contributed by atoms with Crippen LogP contribution in [0.2, 0.25) is 9.36 Å². The van der Waals surface area contributed by atoms with Crippen molar-refractivity contribution < 1.29 is 0 Å². The quantitative estimate of drug-likeness (QED) is 0.608. The van der Waals surface area contributed by atoms with Crippen molar-refractivity contribution in [2.24, 2.45) is 0 Å². The van der Waals surface area contributed by atoms with Crippen molar-refractivity contribution in [3.05, 3.63) is 56.2 Å². The Hall–Kier alpha value is -0.940. The molecule has 1 heterocycles. The lowest BCUT2D eigenvalue weighted by Gasteiger charge is -1.89. The average Bonchev–Trinajstić information content (AvgIpc) is 2.63. The Morgan fingerprint density at radius 2 is 1.67 bits per heavy atom. The van der Waals surface area contributed by atoms with Crippen LogP contribution in [0.1, 0.15) is 11.1 Å². The standard InChI is InChI=1S/C12H6Cl2S/c13-11-5-2-9(3-6-11)1-4-10-7-8-15-12(10)14/h2-3,5-8H. The van der Waals surface area contributed by atoms with Crippen molar-refractivity contribution in [1.82, 2.24) is 0 Å². The van der Waals surface area contributed by atoms with Crippen LogP contribution in [0.15, 0.2) is 35.7 Å². The van der Waals surface area contributed by atoms with E-state index >= 15 is 0 Å². The van der Waals surface area contributed by atoms with Gasteiger partial charge in [0.05, 0.1) is 5.56 Å². The highest BCUT2D eigenvalue weighted by Gasteiger charge is 1.95. The van der Waals surface area contributed by atoms with Crippen LogP contribution in [-0.4, -0.2) is 0 Å². The zero-order valence-corrected chi connectivity index (χ0v) is 9.96. The fourth-order valence-electron chi connectivity index (χ4n) is 1.05. The van der Waals surface area contributed by atoms with E-state index in [4.69, 9.17) is 23.2 Å². The van der Waals surface area contributed by atoms with E-state index in [2.05, 4.69) is 11.8 Å². The summed E-state index contributed by atoms with van der Waals surface area (Å²) in [6.45, 7) is 0. The van der Waals surface area contributed by atoms with Gasteiger partial charge in [-0.3, -0.25) is 0 Å². The fourth-order valence-corrected chi connectivity index (χ4v) is 2.01. The third kappa shape index (κ3) is 2.76. The molecule has 0 saturated heterocycles. The van der Waals surface area contributed by atoms with Gasteiger partial charge < -0.3 is 0 Å². The van der Waals surface area contributed by atoms with E-state index in [1.165, 1.54) is 11.3 Å². The minimum absolute atomic E-state index is 0.717. The SMILES string of the molecule is Clc1ccc(C#Cc2ccsc2Cl)cc1. The third-order valence-corrected chi connectivity index (χ3v) is 3.23. The van der Waals surface area contributed by atoms with Crippen LogP contribution >= 0.6 is 34.5 Å². The first-order chi connectivity index (χ1) is 7.25. The molecule has 2 rings (SSSR count). The molecule has 0 amide bonds. The predicted molar refractivity (Wildman–Crippen MR) is 66.8 cm³/mol. The number of hydrogen-bond acceptors (Lipinski definition) is 1. The van der Waals surface area contributed by atoms with Crippen molar-refractivity contribution in [2.45, 2.75) is 0 Å². The van der Waals surface area contributed by atoms with Crippen molar-refractivity contribution in [3.63, 3.8) is 0 Å². The van der Waals surface area contributed by atoms with E-state index in [1.54, 1.807) is 0 Å². The molecule has 15 heavy (non-hydrogen) atoms. The second-order valence-corrected chi connectivity index (χ2v) is 4.82. The summed E-state index contributed by atoms with van der Waals surface area (Å²) in [5.41, 5.74) is 1.80. The number of benzene rings is 1. The maximum atomic E-state index is 5.93. The molecular weight excluding hydrogens is 247 g/mol. The van der Waals surface area contributed by atoms with Gasteiger partial charge in [0.25, 0.3) is 0 Å². The van der Waals surface area contributed by atoms with Crippen LogP contribution in [0.3, 0.4) is 0 Å². The second kappa shape index (κ2) is 4.72. The van der Waals surface area contributed by atoms with Crippen molar-refractivity contribution in [1.29, 1.82) is 0 Å². The highest BCUT2D eigenvalue weighted by atomic mass is 35.5. The number of thiophene rings is 1. The Bertz CT molecular complexity index is 515. The third-order valence-electron chi connectivity index (χ3n) is 1.80. The monoisotopic (exact) mass is 252 g/mol. The highest BCUT2D eigenvalue weighted by Crippen LogP contribution is 2.21. The molecule has 0 unspecified atom stereocenters. The largest absolute Gasteiger partial charge is 0.131 e. The molecule has 2 aromatic rings. The lowest BCUT2D eigenvalue weighted by Crippen LogP contribution is -1.73. The molecule has 0 aliphatic rings.